The second-order valence-corrected chi connectivity index (χ2v) is 8.99. The number of aromatic nitrogens is 2. The van der Waals surface area contributed by atoms with Gasteiger partial charge in [0, 0.05) is 24.1 Å². The fraction of sp³-hybridized carbons (Fsp3) is 0.364. The summed E-state index contributed by atoms with van der Waals surface area (Å²) in [5.41, 5.74) is 2.20. The van der Waals surface area contributed by atoms with E-state index in [2.05, 4.69) is 15.3 Å². The van der Waals surface area contributed by atoms with Gasteiger partial charge in [-0.25, -0.2) is 9.97 Å². The van der Waals surface area contributed by atoms with E-state index in [1.54, 1.807) is 40.3 Å². The molecule has 9 heteroatoms. The predicted octanol–water partition coefficient (Wildman–Crippen LogP) is 4.86. The SMILES string of the molecule is CCC(C)OP(=O)(O)Cc1ccc(-c2nc(NC)c3cc(OC)c(OC)cc3n2)cc1. The van der Waals surface area contributed by atoms with E-state index < -0.39 is 7.60 Å². The lowest BCUT2D eigenvalue weighted by molar-refractivity contribution is 0.185. The van der Waals surface area contributed by atoms with Crippen molar-refractivity contribution in [3.05, 3.63) is 42.0 Å². The molecule has 0 saturated carbocycles. The molecule has 2 atom stereocenters. The minimum Gasteiger partial charge on any atom is -0.493 e. The van der Waals surface area contributed by atoms with Crippen LogP contribution in [-0.4, -0.2) is 42.2 Å². The molecule has 0 aliphatic heterocycles. The molecule has 0 fully saturated rings. The van der Waals surface area contributed by atoms with Crippen LogP contribution in [-0.2, 0) is 15.3 Å². The van der Waals surface area contributed by atoms with Crippen molar-refractivity contribution in [3.8, 4) is 22.9 Å². The van der Waals surface area contributed by atoms with Crippen molar-refractivity contribution in [1.82, 2.24) is 9.97 Å². The summed E-state index contributed by atoms with van der Waals surface area (Å²) >= 11 is 0. The maximum Gasteiger partial charge on any atom is 0.332 e. The molecule has 3 rings (SSSR count). The summed E-state index contributed by atoms with van der Waals surface area (Å²) in [5.74, 6) is 2.36. The van der Waals surface area contributed by atoms with Crippen LogP contribution in [0.15, 0.2) is 36.4 Å². The van der Waals surface area contributed by atoms with E-state index in [0.29, 0.717) is 40.6 Å². The Balaban J connectivity index is 1.93. The Hall–Kier alpha value is -2.67. The Kier molecular flexibility index (Phi) is 7.15. The van der Waals surface area contributed by atoms with Gasteiger partial charge in [0.05, 0.1) is 32.0 Å². The summed E-state index contributed by atoms with van der Waals surface area (Å²) < 4.78 is 28.4. The van der Waals surface area contributed by atoms with E-state index >= 15 is 0 Å². The van der Waals surface area contributed by atoms with Crippen molar-refractivity contribution in [2.24, 2.45) is 0 Å². The van der Waals surface area contributed by atoms with Crippen molar-refractivity contribution in [2.45, 2.75) is 32.5 Å². The largest absolute Gasteiger partial charge is 0.493 e. The maximum atomic E-state index is 12.3. The molecule has 0 amide bonds. The molecule has 0 spiro atoms. The number of hydrogen-bond donors (Lipinski definition) is 2. The zero-order valence-electron chi connectivity index (χ0n) is 18.4. The molecule has 0 aliphatic carbocycles. The van der Waals surface area contributed by atoms with E-state index in [-0.39, 0.29) is 12.3 Å². The molecule has 0 bridgehead atoms. The summed E-state index contributed by atoms with van der Waals surface area (Å²) in [5, 5.41) is 3.91. The molecule has 2 unspecified atom stereocenters. The molecule has 1 heterocycles. The fourth-order valence-corrected chi connectivity index (χ4v) is 4.62. The van der Waals surface area contributed by atoms with Crippen LogP contribution in [0.5, 0.6) is 11.5 Å². The van der Waals surface area contributed by atoms with Crippen LogP contribution in [0.2, 0.25) is 0 Å². The Morgan fingerprint density at radius 2 is 1.74 bits per heavy atom. The van der Waals surface area contributed by atoms with Crippen LogP contribution in [0.4, 0.5) is 5.82 Å². The average Bonchev–Trinajstić information content (AvgIpc) is 2.76. The topological polar surface area (TPSA) is 103 Å². The van der Waals surface area contributed by atoms with Crippen molar-refractivity contribution in [3.63, 3.8) is 0 Å². The lowest BCUT2D eigenvalue weighted by Crippen LogP contribution is -2.05. The molecule has 0 saturated heterocycles. The highest BCUT2D eigenvalue weighted by Gasteiger charge is 2.23. The number of hydrogen-bond acceptors (Lipinski definition) is 7. The van der Waals surface area contributed by atoms with Gasteiger partial charge in [-0.05, 0) is 25.0 Å². The number of nitrogens with one attached hydrogen (secondary N) is 1. The van der Waals surface area contributed by atoms with Gasteiger partial charge in [0.1, 0.15) is 5.82 Å². The minimum absolute atomic E-state index is 0.0467. The molecule has 8 nitrogen and oxygen atoms in total. The van der Waals surface area contributed by atoms with Gasteiger partial charge in [-0.2, -0.15) is 0 Å². The smallest absolute Gasteiger partial charge is 0.332 e. The second-order valence-electron chi connectivity index (χ2n) is 7.19. The molecule has 2 N–H and O–H groups in total. The van der Waals surface area contributed by atoms with Crippen LogP contribution in [0.3, 0.4) is 0 Å². The summed E-state index contributed by atoms with van der Waals surface area (Å²) in [6.07, 6.45) is 0.360. The van der Waals surface area contributed by atoms with Gasteiger partial charge in [-0.15, -0.1) is 0 Å². The molecule has 166 valence electrons. The van der Waals surface area contributed by atoms with Crippen LogP contribution in [0.1, 0.15) is 25.8 Å². The molecule has 31 heavy (non-hydrogen) atoms. The average molecular weight is 445 g/mol. The lowest BCUT2D eigenvalue weighted by atomic mass is 10.1. The van der Waals surface area contributed by atoms with E-state index in [4.69, 9.17) is 14.0 Å². The Bertz CT molecular complexity index is 1100. The highest BCUT2D eigenvalue weighted by molar-refractivity contribution is 7.52. The van der Waals surface area contributed by atoms with Crippen LogP contribution in [0, 0.1) is 0 Å². The third-order valence-corrected chi connectivity index (χ3v) is 6.41. The number of benzene rings is 2. The van der Waals surface area contributed by atoms with Gasteiger partial charge in [-0.3, -0.25) is 4.57 Å². The summed E-state index contributed by atoms with van der Waals surface area (Å²) in [6.45, 7) is 3.70. The molecule has 1 aromatic heterocycles. The van der Waals surface area contributed by atoms with Gasteiger partial charge in [0.25, 0.3) is 0 Å². The fourth-order valence-electron chi connectivity index (χ4n) is 3.16. The molecule has 0 aliphatic rings. The quantitative estimate of drug-likeness (QED) is 0.451. The highest BCUT2D eigenvalue weighted by atomic mass is 31.2. The Morgan fingerprint density at radius 1 is 1.10 bits per heavy atom. The predicted molar refractivity (Wildman–Crippen MR) is 122 cm³/mol. The lowest BCUT2D eigenvalue weighted by Gasteiger charge is -2.17. The highest BCUT2D eigenvalue weighted by Crippen LogP contribution is 2.47. The number of anilines is 1. The zero-order chi connectivity index (χ0) is 22.6. The van der Waals surface area contributed by atoms with Crippen molar-refractivity contribution in [2.75, 3.05) is 26.6 Å². The first-order valence-electron chi connectivity index (χ1n) is 10.0. The molecular formula is C22H28N3O5P. The van der Waals surface area contributed by atoms with Gasteiger partial charge in [-0.1, -0.05) is 31.2 Å². The summed E-state index contributed by atoms with van der Waals surface area (Å²) in [6, 6.07) is 10.9. The molecular weight excluding hydrogens is 417 g/mol. The van der Waals surface area contributed by atoms with Crippen LogP contribution >= 0.6 is 7.60 Å². The Labute approximate surface area is 182 Å². The normalized spacial score (nSPS) is 14.1. The molecule has 3 aromatic rings. The van der Waals surface area contributed by atoms with E-state index in [1.165, 1.54) is 0 Å². The number of fused-ring (bicyclic) bond motifs is 1. The number of ether oxygens (including phenoxy) is 2. The number of nitrogens with zero attached hydrogens (tertiary/aromatic N) is 2. The second kappa shape index (κ2) is 9.64. The minimum atomic E-state index is -3.70. The van der Waals surface area contributed by atoms with Gasteiger partial charge in [0.15, 0.2) is 17.3 Å². The van der Waals surface area contributed by atoms with Crippen molar-refractivity contribution in [1.29, 1.82) is 0 Å². The van der Waals surface area contributed by atoms with Crippen LogP contribution in [0.25, 0.3) is 22.3 Å². The van der Waals surface area contributed by atoms with Crippen LogP contribution < -0.4 is 14.8 Å². The van der Waals surface area contributed by atoms with Crippen molar-refractivity contribution >= 4 is 24.3 Å². The first kappa shape index (κ1) is 23.0. The number of methoxy groups -OCH3 is 2. The monoisotopic (exact) mass is 445 g/mol. The number of rotatable bonds is 9. The summed E-state index contributed by atoms with van der Waals surface area (Å²) in [4.78, 5) is 19.4. The summed E-state index contributed by atoms with van der Waals surface area (Å²) in [7, 11) is 1.25. The van der Waals surface area contributed by atoms with E-state index in [9.17, 15) is 9.46 Å². The molecule has 0 radical (unpaired) electrons. The van der Waals surface area contributed by atoms with Gasteiger partial charge in [0.2, 0.25) is 0 Å². The zero-order valence-corrected chi connectivity index (χ0v) is 19.3. The maximum absolute atomic E-state index is 12.3. The molecule has 2 aromatic carbocycles. The first-order valence-corrected chi connectivity index (χ1v) is 11.8. The first-order chi connectivity index (χ1) is 14.8. The third-order valence-electron chi connectivity index (χ3n) is 4.95. The van der Waals surface area contributed by atoms with Crippen molar-refractivity contribution < 1.29 is 23.5 Å². The Morgan fingerprint density at radius 3 is 2.32 bits per heavy atom. The standard InChI is InChI=1S/C22H28N3O5P/c1-6-14(2)30-31(26,27)13-15-7-9-16(10-8-15)21-24-18-12-20(29-5)19(28-4)11-17(18)22(23-3)25-21/h7-12,14H,6,13H2,1-5H3,(H,26,27)(H,23,24,25). The third kappa shape index (κ3) is 5.34. The van der Waals surface area contributed by atoms with Gasteiger partial charge < -0.3 is 24.2 Å². The van der Waals surface area contributed by atoms with Gasteiger partial charge >= 0.3 is 7.60 Å². The van der Waals surface area contributed by atoms with E-state index in [0.717, 1.165) is 10.9 Å². The van der Waals surface area contributed by atoms with E-state index in [1.807, 2.05) is 31.2 Å².